The Bertz CT molecular complexity index is 770. The van der Waals surface area contributed by atoms with E-state index in [4.69, 9.17) is 5.73 Å². The summed E-state index contributed by atoms with van der Waals surface area (Å²) in [4.78, 5) is 24.2. The molecule has 3 rings (SSSR count). The molecular weight excluding hydrogens is 240 g/mol. The molecule has 1 aromatic carbocycles. The molecule has 92 valence electrons. The standard InChI is InChI=1S/C14H10N4O/c15-13(19)9-4-1-2-5-10(9)14-17-8-12-11(18-14)6-3-7-16-12/h1-8H,(H2,15,19). The van der Waals surface area contributed by atoms with Gasteiger partial charge < -0.3 is 5.73 Å². The van der Waals surface area contributed by atoms with Crippen LogP contribution in [0, 0.1) is 0 Å². The highest BCUT2D eigenvalue weighted by Crippen LogP contribution is 2.21. The average molecular weight is 250 g/mol. The van der Waals surface area contributed by atoms with Crippen molar-refractivity contribution in [2.45, 2.75) is 0 Å². The summed E-state index contributed by atoms with van der Waals surface area (Å²) in [5, 5.41) is 0. The molecule has 0 aliphatic heterocycles. The van der Waals surface area contributed by atoms with Gasteiger partial charge in [0, 0.05) is 11.8 Å². The lowest BCUT2D eigenvalue weighted by molar-refractivity contribution is 0.100. The topological polar surface area (TPSA) is 81.8 Å². The molecule has 0 spiro atoms. The molecule has 5 heteroatoms. The molecule has 0 aliphatic carbocycles. The molecule has 0 fully saturated rings. The summed E-state index contributed by atoms with van der Waals surface area (Å²) < 4.78 is 0. The molecule has 2 N–H and O–H groups in total. The molecule has 0 atom stereocenters. The van der Waals surface area contributed by atoms with Crippen molar-refractivity contribution < 1.29 is 4.79 Å². The lowest BCUT2D eigenvalue weighted by Gasteiger charge is -2.05. The van der Waals surface area contributed by atoms with Gasteiger partial charge in [-0.3, -0.25) is 9.78 Å². The molecule has 5 nitrogen and oxygen atoms in total. The lowest BCUT2D eigenvalue weighted by Crippen LogP contribution is -2.12. The van der Waals surface area contributed by atoms with Crippen molar-refractivity contribution in [3.63, 3.8) is 0 Å². The highest BCUT2D eigenvalue weighted by Gasteiger charge is 2.11. The Morgan fingerprint density at radius 1 is 1.00 bits per heavy atom. The first-order valence-electron chi connectivity index (χ1n) is 5.72. The van der Waals surface area contributed by atoms with Crippen LogP contribution >= 0.6 is 0 Å². The third-order valence-corrected chi connectivity index (χ3v) is 2.79. The second-order valence-electron chi connectivity index (χ2n) is 4.01. The van der Waals surface area contributed by atoms with E-state index in [-0.39, 0.29) is 0 Å². The maximum Gasteiger partial charge on any atom is 0.249 e. The summed E-state index contributed by atoms with van der Waals surface area (Å²) >= 11 is 0. The molecule has 1 amide bonds. The number of aromatic nitrogens is 3. The molecular formula is C14H10N4O. The predicted molar refractivity (Wildman–Crippen MR) is 71.3 cm³/mol. The first kappa shape index (κ1) is 11.3. The van der Waals surface area contributed by atoms with Crippen molar-refractivity contribution in [1.82, 2.24) is 15.0 Å². The van der Waals surface area contributed by atoms with Gasteiger partial charge in [-0.1, -0.05) is 18.2 Å². The Morgan fingerprint density at radius 3 is 2.68 bits per heavy atom. The molecule has 2 aromatic heterocycles. The van der Waals surface area contributed by atoms with Crippen LogP contribution in [0.4, 0.5) is 0 Å². The minimum Gasteiger partial charge on any atom is -0.366 e. The number of fused-ring (bicyclic) bond motifs is 1. The van der Waals surface area contributed by atoms with Gasteiger partial charge in [-0.05, 0) is 18.2 Å². The molecule has 3 aromatic rings. The van der Waals surface area contributed by atoms with Crippen LogP contribution < -0.4 is 5.73 Å². The fourth-order valence-corrected chi connectivity index (χ4v) is 1.89. The maximum atomic E-state index is 11.4. The number of benzene rings is 1. The Labute approximate surface area is 109 Å². The molecule has 19 heavy (non-hydrogen) atoms. The average Bonchev–Trinajstić information content (AvgIpc) is 2.46. The Morgan fingerprint density at radius 2 is 1.84 bits per heavy atom. The van der Waals surface area contributed by atoms with Crippen molar-refractivity contribution >= 4 is 16.9 Å². The second-order valence-corrected chi connectivity index (χ2v) is 4.01. The number of nitrogens with zero attached hydrogens (tertiary/aromatic N) is 3. The second kappa shape index (κ2) is 4.45. The summed E-state index contributed by atoms with van der Waals surface area (Å²) in [7, 11) is 0. The van der Waals surface area contributed by atoms with Gasteiger partial charge in [0.2, 0.25) is 5.91 Å². The zero-order valence-corrected chi connectivity index (χ0v) is 9.95. The van der Waals surface area contributed by atoms with Crippen molar-refractivity contribution in [3.8, 4) is 11.4 Å². The largest absolute Gasteiger partial charge is 0.366 e. The first-order valence-corrected chi connectivity index (χ1v) is 5.72. The molecule has 2 heterocycles. The van der Waals surface area contributed by atoms with E-state index in [0.29, 0.717) is 22.5 Å². The fourth-order valence-electron chi connectivity index (χ4n) is 1.89. The fraction of sp³-hybridized carbons (Fsp3) is 0. The van der Waals surface area contributed by atoms with Crippen molar-refractivity contribution in [3.05, 3.63) is 54.4 Å². The third kappa shape index (κ3) is 2.01. The van der Waals surface area contributed by atoms with E-state index >= 15 is 0 Å². The summed E-state index contributed by atoms with van der Waals surface area (Å²) in [6.07, 6.45) is 3.32. The minimum absolute atomic E-state index is 0.408. The minimum atomic E-state index is -0.495. The van der Waals surface area contributed by atoms with E-state index in [1.807, 2.05) is 12.1 Å². The molecule has 0 radical (unpaired) electrons. The molecule has 0 unspecified atom stereocenters. The zero-order valence-electron chi connectivity index (χ0n) is 9.95. The Kier molecular flexibility index (Phi) is 2.64. The van der Waals surface area contributed by atoms with E-state index in [0.717, 1.165) is 5.52 Å². The number of hydrogen-bond donors (Lipinski definition) is 1. The van der Waals surface area contributed by atoms with Crippen LogP contribution in [0.15, 0.2) is 48.8 Å². The van der Waals surface area contributed by atoms with Gasteiger partial charge >= 0.3 is 0 Å². The highest BCUT2D eigenvalue weighted by atomic mass is 16.1. The molecule has 0 aliphatic rings. The first-order chi connectivity index (χ1) is 9.25. The van der Waals surface area contributed by atoms with Crippen LogP contribution in [0.2, 0.25) is 0 Å². The van der Waals surface area contributed by atoms with Gasteiger partial charge in [0.25, 0.3) is 0 Å². The van der Waals surface area contributed by atoms with E-state index in [1.54, 1.807) is 36.7 Å². The SMILES string of the molecule is NC(=O)c1ccccc1-c1ncc2ncccc2n1. The van der Waals surface area contributed by atoms with Crippen molar-refractivity contribution in [1.29, 1.82) is 0 Å². The quantitative estimate of drug-likeness (QED) is 0.751. The summed E-state index contributed by atoms with van der Waals surface area (Å²) in [6.45, 7) is 0. The monoisotopic (exact) mass is 250 g/mol. The van der Waals surface area contributed by atoms with Gasteiger partial charge in [0.05, 0.1) is 17.3 Å². The Balaban J connectivity index is 2.22. The van der Waals surface area contributed by atoms with Crippen molar-refractivity contribution in [2.24, 2.45) is 5.73 Å². The number of amides is 1. The smallest absolute Gasteiger partial charge is 0.249 e. The van der Waals surface area contributed by atoms with Crippen LogP contribution in [-0.2, 0) is 0 Å². The number of hydrogen-bond acceptors (Lipinski definition) is 4. The zero-order chi connectivity index (χ0) is 13.2. The normalized spacial score (nSPS) is 10.5. The summed E-state index contributed by atoms with van der Waals surface area (Å²) in [5.41, 5.74) is 7.83. The van der Waals surface area contributed by atoms with E-state index in [1.165, 1.54) is 0 Å². The number of nitrogens with two attached hydrogens (primary N) is 1. The van der Waals surface area contributed by atoms with E-state index in [9.17, 15) is 4.79 Å². The van der Waals surface area contributed by atoms with Crippen LogP contribution in [0.25, 0.3) is 22.4 Å². The predicted octanol–water partition coefficient (Wildman–Crippen LogP) is 1.79. The third-order valence-electron chi connectivity index (χ3n) is 2.79. The number of carbonyl (C=O) groups is 1. The van der Waals surface area contributed by atoms with Gasteiger partial charge in [0.1, 0.15) is 5.52 Å². The van der Waals surface area contributed by atoms with Crippen LogP contribution in [0.5, 0.6) is 0 Å². The summed E-state index contributed by atoms with van der Waals surface area (Å²) in [6, 6.07) is 10.7. The van der Waals surface area contributed by atoms with Gasteiger partial charge in [-0.2, -0.15) is 0 Å². The number of pyridine rings is 1. The van der Waals surface area contributed by atoms with Crippen LogP contribution in [0.3, 0.4) is 0 Å². The summed E-state index contributed by atoms with van der Waals surface area (Å²) in [5.74, 6) is -0.0274. The molecule has 0 saturated carbocycles. The van der Waals surface area contributed by atoms with Crippen LogP contribution in [0.1, 0.15) is 10.4 Å². The number of rotatable bonds is 2. The maximum absolute atomic E-state index is 11.4. The van der Waals surface area contributed by atoms with E-state index < -0.39 is 5.91 Å². The number of carbonyl (C=O) groups excluding carboxylic acids is 1. The van der Waals surface area contributed by atoms with Gasteiger partial charge in [-0.15, -0.1) is 0 Å². The molecule has 0 saturated heterocycles. The van der Waals surface area contributed by atoms with E-state index in [2.05, 4.69) is 15.0 Å². The van der Waals surface area contributed by atoms with Crippen LogP contribution in [-0.4, -0.2) is 20.9 Å². The number of primary amides is 1. The van der Waals surface area contributed by atoms with Crippen molar-refractivity contribution in [2.75, 3.05) is 0 Å². The van der Waals surface area contributed by atoms with Gasteiger partial charge in [0.15, 0.2) is 5.82 Å². The molecule has 0 bridgehead atoms. The highest BCUT2D eigenvalue weighted by molar-refractivity contribution is 5.99. The lowest BCUT2D eigenvalue weighted by atomic mass is 10.1. The van der Waals surface area contributed by atoms with Gasteiger partial charge in [-0.25, -0.2) is 9.97 Å². The Hall–Kier alpha value is -2.82.